The van der Waals surface area contributed by atoms with Crippen molar-refractivity contribution in [1.29, 1.82) is 0 Å². The van der Waals surface area contributed by atoms with E-state index in [0.29, 0.717) is 5.92 Å². The van der Waals surface area contributed by atoms with Gasteiger partial charge in [-0.1, -0.05) is 13.8 Å². The Bertz CT molecular complexity index is 515. The first-order chi connectivity index (χ1) is 8.22. The highest BCUT2D eigenvalue weighted by molar-refractivity contribution is 5.61. The van der Waals surface area contributed by atoms with Crippen molar-refractivity contribution in [2.45, 2.75) is 32.6 Å². The number of rotatable bonds is 4. The highest BCUT2D eigenvalue weighted by Gasteiger charge is 2.18. The van der Waals surface area contributed by atoms with Crippen molar-refractivity contribution in [1.82, 2.24) is 9.38 Å². The van der Waals surface area contributed by atoms with Crippen LogP contribution in [0.5, 0.6) is 5.75 Å². The Morgan fingerprint density at radius 2 is 2.12 bits per heavy atom. The van der Waals surface area contributed by atoms with Crippen molar-refractivity contribution in [3.8, 4) is 5.75 Å². The molecule has 2 heterocycles. The monoisotopic (exact) mass is 233 g/mol. The summed E-state index contributed by atoms with van der Waals surface area (Å²) in [5, 5.41) is 0. The van der Waals surface area contributed by atoms with Gasteiger partial charge in [0.15, 0.2) is 11.4 Å². The summed E-state index contributed by atoms with van der Waals surface area (Å²) in [6.45, 7) is 4.32. The molecule has 0 amide bonds. The number of nitrogens with two attached hydrogens (primary N) is 1. The van der Waals surface area contributed by atoms with Gasteiger partial charge in [-0.15, -0.1) is 0 Å². The molecule has 0 aliphatic rings. The maximum Gasteiger partial charge on any atom is 0.181 e. The van der Waals surface area contributed by atoms with Crippen LogP contribution < -0.4 is 10.5 Å². The first-order valence-corrected chi connectivity index (χ1v) is 6.03. The number of hydrogen-bond acceptors (Lipinski definition) is 3. The van der Waals surface area contributed by atoms with Crippen LogP contribution in [0.25, 0.3) is 5.65 Å². The third-order valence-electron chi connectivity index (χ3n) is 3.27. The summed E-state index contributed by atoms with van der Waals surface area (Å²) in [6, 6.07) is 3.82. The lowest BCUT2D eigenvalue weighted by atomic mass is 10.00. The number of fused-ring (bicyclic) bond motifs is 1. The second kappa shape index (κ2) is 4.65. The lowest BCUT2D eigenvalue weighted by Gasteiger charge is -2.09. The first-order valence-electron chi connectivity index (χ1n) is 6.03. The Hall–Kier alpha value is -1.71. The first kappa shape index (κ1) is 11.8. The SMILES string of the molecule is CCC(CC)c1nc2c(OC)cccn2c1N. The molecule has 92 valence electrons. The Morgan fingerprint density at radius 1 is 1.41 bits per heavy atom. The normalized spacial score (nSPS) is 11.3. The minimum atomic E-state index is 0.416. The van der Waals surface area contributed by atoms with E-state index in [9.17, 15) is 0 Å². The highest BCUT2D eigenvalue weighted by Crippen LogP contribution is 2.30. The van der Waals surface area contributed by atoms with Crippen LogP contribution in [0.3, 0.4) is 0 Å². The van der Waals surface area contributed by atoms with E-state index in [1.165, 1.54) is 0 Å². The summed E-state index contributed by atoms with van der Waals surface area (Å²) in [5.74, 6) is 1.91. The fraction of sp³-hybridized carbons (Fsp3) is 0.462. The van der Waals surface area contributed by atoms with Gasteiger partial charge in [-0.25, -0.2) is 4.98 Å². The smallest absolute Gasteiger partial charge is 0.181 e. The van der Waals surface area contributed by atoms with Gasteiger partial charge in [0.25, 0.3) is 0 Å². The topological polar surface area (TPSA) is 52.5 Å². The largest absolute Gasteiger partial charge is 0.493 e. The minimum Gasteiger partial charge on any atom is -0.493 e. The second-order valence-electron chi connectivity index (χ2n) is 4.17. The predicted molar refractivity (Wildman–Crippen MR) is 69.5 cm³/mol. The number of anilines is 1. The molecule has 17 heavy (non-hydrogen) atoms. The molecule has 4 nitrogen and oxygen atoms in total. The van der Waals surface area contributed by atoms with Gasteiger partial charge in [-0.2, -0.15) is 0 Å². The number of nitrogen functional groups attached to an aromatic ring is 1. The molecular weight excluding hydrogens is 214 g/mol. The van der Waals surface area contributed by atoms with Crippen molar-refractivity contribution >= 4 is 11.5 Å². The van der Waals surface area contributed by atoms with Gasteiger partial charge < -0.3 is 10.5 Å². The number of nitrogens with zero attached hydrogens (tertiary/aromatic N) is 2. The zero-order valence-corrected chi connectivity index (χ0v) is 10.6. The molecule has 2 aromatic rings. The van der Waals surface area contributed by atoms with Crippen molar-refractivity contribution in [3.63, 3.8) is 0 Å². The summed E-state index contributed by atoms with van der Waals surface area (Å²) in [7, 11) is 1.65. The fourth-order valence-corrected chi connectivity index (χ4v) is 2.21. The summed E-state index contributed by atoms with van der Waals surface area (Å²) in [5.41, 5.74) is 7.95. The van der Waals surface area contributed by atoms with E-state index in [1.807, 2.05) is 22.7 Å². The van der Waals surface area contributed by atoms with E-state index in [4.69, 9.17) is 10.5 Å². The van der Waals surface area contributed by atoms with Crippen molar-refractivity contribution in [3.05, 3.63) is 24.0 Å². The van der Waals surface area contributed by atoms with Crippen LogP contribution in [0.4, 0.5) is 5.82 Å². The fourth-order valence-electron chi connectivity index (χ4n) is 2.21. The van der Waals surface area contributed by atoms with Gasteiger partial charge in [0, 0.05) is 12.1 Å². The van der Waals surface area contributed by atoms with E-state index >= 15 is 0 Å². The number of hydrogen-bond donors (Lipinski definition) is 1. The van der Waals surface area contributed by atoms with Crippen LogP contribution in [0.15, 0.2) is 18.3 Å². The Balaban J connectivity index is 2.63. The number of imidazole rings is 1. The van der Waals surface area contributed by atoms with Crippen LogP contribution in [-0.4, -0.2) is 16.5 Å². The minimum absolute atomic E-state index is 0.416. The summed E-state index contributed by atoms with van der Waals surface area (Å²) >= 11 is 0. The van der Waals surface area contributed by atoms with Gasteiger partial charge >= 0.3 is 0 Å². The van der Waals surface area contributed by atoms with Gasteiger partial charge in [0.1, 0.15) is 5.82 Å². The zero-order chi connectivity index (χ0) is 12.4. The van der Waals surface area contributed by atoms with Gasteiger partial charge in [0.2, 0.25) is 0 Å². The maximum atomic E-state index is 6.16. The molecule has 0 unspecified atom stereocenters. The van der Waals surface area contributed by atoms with E-state index in [0.717, 1.165) is 35.8 Å². The third kappa shape index (κ3) is 1.84. The highest BCUT2D eigenvalue weighted by atomic mass is 16.5. The van der Waals surface area contributed by atoms with Crippen LogP contribution in [0.2, 0.25) is 0 Å². The van der Waals surface area contributed by atoms with E-state index in [2.05, 4.69) is 18.8 Å². The lowest BCUT2D eigenvalue weighted by molar-refractivity contribution is 0.417. The molecule has 0 radical (unpaired) electrons. The van der Waals surface area contributed by atoms with Gasteiger partial charge in [-0.05, 0) is 25.0 Å². The molecule has 0 fully saturated rings. The molecule has 2 aromatic heterocycles. The average Bonchev–Trinajstić information content (AvgIpc) is 2.69. The Labute approximate surface area is 101 Å². The van der Waals surface area contributed by atoms with Crippen molar-refractivity contribution in [2.24, 2.45) is 0 Å². The van der Waals surface area contributed by atoms with E-state index in [-0.39, 0.29) is 0 Å². The van der Waals surface area contributed by atoms with Crippen LogP contribution in [-0.2, 0) is 0 Å². The molecule has 2 rings (SSSR count). The van der Waals surface area contributed by atoms with E-state index < -0.39 is 0 Å². The summed E-state index contributed by atoms with van der Waals surface area (Å²) < 4.78 is 7.20. The quantitative estimate of drug-likeness (QED) is 0.883. The number of pyridine rings is 1. The molecule has 0 saturated carbocycles. The molecule has 0 aliphatic heterocycles. The third-order valence-corrected chi connectivity index (χ3v) is 3.27. The Morgan fingerprint density at radius 3 is 2.71 bits per heavy atom. The van der Waals surface area contributed by atoms with Crippen LogP contribution >= 0.6 is 0 Å². The number of methoxy groups -OCH3 is 1. The lowest BCUT2D eigenvalue weighted by Crippen LogP contribution is -2.01. The molecule has 0 bridgehead atoms. The molecule has 0 atom stereocenters. The molecule has 0 saturated heterocycles. The summed E-state index contributed by atoms with van der Waals surface area (Å²) in [4.78, 5) is 4.64. The summed E-state index contributed by atoms with van der Waals surface area (Å²) in [6.07, 6.45) is 4.02. The van der Waals surface area contributed by atoms with Gasteiger partial charge in [-0.3, -0.25) is 4.40 Å². The maximum absolute atomic E-state index is 6.16. The molecule has 0 aromatic carbocycles. The molecule has 0 spiro atoms. The standard InChI is InChI=1S/C13H19N3O/c1-4-9(5-2)11-12(14)16-8-6-7-10(17-3)13(16)15-11/h6-9H,4-5,14H2,1-3H3. The number of aromatic nitrogens is 2. The van der Waals surface area contributed by atoms with Gasteiger partial charge in [0.05, 0.1) is 12.8 Å². The number of ether oxygens (including phenoxy) is 1. The Kier molecular flexibility index (Phi) is 3.22. The molecule has 2 N–H and O–H groups in total. The van der Waals surface area contributed by atoms with Crippen LogP contribution in [0.1, 0.15) is 38.3 Å². The predicted octanol–water partition coefficient (Wildman–Crippen LogP) is 2.83. The molecule has 0 aliphatic carbocycles. The molecule has 4 heteroatoms. The van der Waals surface area contributed by atoms with Crippen molar-refractivity contribution < 1.29 is 4.74 Å². The van der Waals surface area contributed by atoms with Crippen molar-refractivity contribution in [2.75, 3.05) is 12.8 Å². The zero-order valence-electron chi connectivity index (χ0n) is 10.6. The second-order valence-corrected chi connectivity index (χ2v) is 4.17. The van der Waals surface area contributed by atoms with E-state index in [1.54, 1.807) is 7.11 Å². The average molecular weight is 233 g/mol. The van der Waals surface area contributed by atoms with Crippen LogP contribution in [0, 0.1) is 0 Å². The molecular formula is C13H19N3O.